The number of nitrogens with zero attached hydrogens (tertiary/aromatic N) is 2. The van der Waals surface area contributed by atoms with Crippen LogP contribution in [-0.4, -0.2) is 22.3 Å². The van der Waals surface area contributed by atoms with Gasteiger partial charge in [-0.1, -0.05) is 24.3 Å². The molecule has 0 spiro atoms. The summed E-state index contributed by atoms with van der Waals surface area (Å²) >= 11 is 0. The molecule has 0 bridgehead atoms. The molecule has 2 aromatic carbocycles. The second-order valence-electron chi connectivity index (χ2n) is 5.95. The Balaban J connectivity index is 1.65. The van der Waals surface area contributed by atoms with E-state index in [1.165, 1.54) is 11.1 Å². The molecule has 0 radical (unpaired) electrons. The Morgan fingerprint density at radius 1 is 0.962 bits per heavy atom. The SMILES string of the molecule is COc1cccc(Cc2ccc3[nH]nc(C#Cc4ccccn4)c3c2)c1. The van der Waals surface area contributed by atoms with Crippen molar-refractivity contribution in [3.8, 4) is 17.6 Å². The van der Waals surface area contributed by atoms with Crippen molar-refractivity contribution in [1.82, 2.24) is 15.2 Å². The van der Waals surface area contributed by atoms with Crippen LogP contribution in [0.25, 0.3) is 10.9 Å². The number of methoxy groups -OCH3 is 1. The fraction of sp³-hybridized carbons (Fsp3) is 0.0909. The van der Waals surface area contributed by atoms with Gasteiger partial charge >= 0.3 is 0 Å². The lowest BCUT2D eigenvalue weighted by atomic mass is 10.0. The van der Waals surface area contributed by atoms with E-state index in [-0.39, 0.29) is 0 Å². The highest BCUT2D eigenvalue weighted by Crippen LogP contribution is 2.21. The summed E-state index contributed by atoms with van der Waals surface area (Å²) in [4.78, 5) is 4.22. The van der Waals surface area contributed by atoms with Crippen LogP contribution >= 0.6 is 0 Å². The Kier molecular flexibility index (Phi) is 4.36. The standard InChI is InChI=1S/C22H17N3O/c1-26-19-7-4-5-16(14-19)13-17-8-10-21-20(15-17)22(25-24-21)11-9-18-6-2-3-12-23-18/h2-8,10,12,14-15H,13H2,1H3,(H,24,25). The zero-order valence-electron chi connectivity index (χ0n) is 14.4. The molecule has 0 saturated carbocycles. The molecule has 4 nitrogen and oxygen atoms in total. The van der Waals surface area contributed by atoms with Crippen LogP contribution < -0.4 is 4.74 Å². The number of nitrogens with one attached hydrogen (secondary N) is 1. The molecule has 0 amide bonds. The lowest BCUT2D eigenvalue weighted by Gasteiger charge is -2.05. The fourth-order valence-electron chi connectivity index (χ4n) is 2.84. The molecule has 0 unspecified atom stereocenters. The van der Waals surface area contributed by atoms with Gasteiger partial charge in [0.2, 0.25) is 0 Å². The minimum Gasteiger partial charge on any atom is -0.497 e. The van der Waals surface area contributed by atoms with Crippen molar-refractivity contribution in [3.05, 3.63) is 89.4 Å². The topological polar surface area (TPSA) is 50.8 Å². The first kappa shape index (κ1) is 15.9. The number of aromatic amines is 1. The van der Waals surface area contributed by atoms with Gasteiger partial charge < -0.3 is 4.74 Å². The van der Waals surface area contributed by atoms with E-state index in [9.17, 15) is 0 Å². The van der Waals surface area contributed by atoms with Crippen molar-refractivity contribution in [3.63, 3.8) is 0 Å². The highest BCUT2D eigenvalue weighted by molar-refractivity contribution is 5.84. The second kappa shape index (κ2) is 7.12. The van der Waals surface area contributed by atoms with Gasteiger partial charge in [-0.15, -0.1) is 0 Å². The Morgan fingerprint density at radius 3 is 2.73 bits per heavy atom. The summed E-state index contributed by atoms with van der Waals surface area (Å²) in [5.74, 6) is 7.05. The van der Waals surface area contributed by atoms with E-state index in [0.29, 0.717) is 0 Å². The maximum Gasteiger partial charge on any atom is 0.143 e. The quantitative estimate of drug-likeness (QED) is 0.575. The van der Waals surface area contributed by atoms with Gasteiger partial charge in [0.1, 0.15) is 17.1 Å². The molecule has 4 rings (SSSR count). The monoisotopic (exact) mass is 339 g/mol. The largest absolute Gasteiger partial charge is 0.497 e. The van der Waals surface area contributed by atoms with Gasteiger partial charge in [-0.25, -0.2) is 4.98 Å². The number of ether oxygens (including phenoxy) is 1. The van der Waals surface area contributed by atoms with E-state index in [4.69, 9.17) is 4.74 Å². The average molecular weight is 339 g/mol. The predicted molar refractivity (Wildman–Crippen MR) is 102 cm³/mol. The summed E-state index contributed by atoms with van der Waals surface area (Å²) < 4.78 is 5.30. The molecule has 0 atom stereocenters. The normalized spacial score (nSPS) is 10.3. The van der Waals surface area contributed by atoms with Crippen molar-refractivity contribution in [1.29, 1.82) is 0 Å². The first-order valence-corrected chi connectivity index (χ1v) is 8.35. The van der Waals surface area contributed by atoms with E-state index in [0.717, 1.165) is 34.5 Å². The Bertz CT molecular complexity index is 1100. The minimum absolute atomic E-state index is 0.733. The summed E-state index contributed by atoms with van der Waals surface area (Å²) in [7, 11) is 1.68. The predicted octanol–water partition coefficient (Wildman–Crippen LogP) is 3.96. The lowest BCUT2D eigenvalue weighted by Crippen LogP contribution is -1.90. The molecule has 0 saturated heterocycles. The summed E-state index contributed by atoms with van der Waals surface area (Å²) in [6.07, 6.45) is 2.56. The Morgan fingerprint density at radius 2 is 1.88 bits per heavy atom. The number of hydrogen-bond donors (Lipinski definition) is 1. The second-order valence-corrected chi connectivity index (χ2v) is 5.95. The zero-order valence-corrected chi connectivity index (χ0v) is 14.4. The van der Waals surface area contributed by atoms with Crippen molar-refractivity contribution in [2.24, 2.45) is 0 Å². The molecule has 1 N–H and O–H groups in total. The third-order valence-electron chi connectivity index (χ3n) is 4.14. The molecule has 4 aromatic rings. The van der Waals surface area contributed by atoms with Crippen LogP contribution in [0.4, 0.5) is 0 Å². The van der Waals surface area contributed by atoms with E-state index in [1.54, 1.807) is 13.3 Å². The van der Waals surface area contributed by atoms with Crippen LogP contribution in [0, 0.1) is 11.8 Å². The van der Waals surface area contributed by atoms with Crippen LogP contribution in [0.1, 0.15) is 22.5 Å². The first-order chi connectivity index (χ1) is 12.8. The number of hydrogen-bond acceptors (Lipinski definition) is 3. The van der Waals surface area contributed by atoms with Crippen LogP contribution in [0.2, 0.25) is 0 Å². The number of benzene rings is 2. The van der Waals surface area contributed by atoms with E-state index in [2.05, 4.69) is 51.3 Å². The van der Waals surface area contributed by atoms with Crippen molar-refractivity contribution >= 4 is 10.9 Å². The third-order valence-corrected chi connectivity index (χ3v) is 4.14. The van der Waals surface area contributed by atoms with Crippen molar-refractivity contribution < 1.29 is 4.74 Å². The van der Waals surface area contributed by atoms with Crippen LogP contribution in [0.5, 0.6) is 5.75 Å². The van der Waals surface area contributed by atoms with Gasteiger partial charge in [0.05, 0.1) is 12.6 Å². The zero-order chi connectivity index (χ0) is 17.8. The Labute approximate surface area is 151 Å². The number of H-pyrrole nitrogens is 1. The van der Waals surface area contributed by atoms with Gasteiger partial charge in [-0.2, -0.15) is 5.10 Å². The van der Waals surface area contributed by atoms with Crippen molar-refractivity contribution in [2.75, 3.05) is 7.11 Å². The molecule has 0 aliphatic carbocycles. The third kappa shape index (κ3) is 3.42. The molecule has 26 heavy (non-hydrogen) atoms. The van der Waals surface area contributed by atoms with E-state index >= 15 is 0 Å². The molecule has 126 valence electrons. The lowest BCUT2D eigenvalue weighted by molar-refractivity contribution is 0.414. The van der Waals surface area contributed by atoms with Gasteiger partial charge in [-0.3, -0.25) is 5.10 Å². The molecule has 2 heterocycles. The maximum absolute atomic E-state index is 5.30. The highest BCUT2D eigenvalue weighted by Gasteiger charge is 2.06. The van der Waals surface area contributed by atoms with Crippen LogP contribution in [-0.2, 0) is 6.42 Å². The first-order valence-electron chi connectivity index (χ1n) is 8.35. The maximum atomic E-state index is 5.30. The molecule has 2 aromatic heterocycles. The summed E-state index contributed by atoms with van der Waals surface area (Å²) in [6.45, 7) is 0. The molecular weight excluding hydrogens is 322 g/mol. The summed E-state index contributed by atoms with van der Waals surface area (Å²) in [5, 5.41) is 8.40. The van der Waals surface area contributed by atoms with Gasteiger partial charge in [0, 0.05) is 11.6 Å². The molecule has 4 heteroatoms. The van der Waals surface area contributed by atoms with E-state index < -0.39 is 0 Å². The highest BCUT2D eigenvalue weighted by atomic mass is 16.5. The number of rotatable bonds is 3. The van der Waals surface area contributed by atoms with Crippen LogP contribution in [0.3, 0.4) is 0 Å². The molecule has 0 aliphatic rings. The van der Waals surface area contributed by atoms with Crippen LogP contribution in [0.15, 0.2) is 66.9 Å². The average Bonchev–Trinajstić information content (AvgIpc) is 3.09. The van der Waals surface area contributed by atoms with Crippen molar-refractivity contribution in [2.45, 2.75) is 6.42 Å². The summed E-state index contributed by atoms with van der Waals surface area (Å²) in [6, 6.07) is 20.1. The molecule has 0 aliphatic heterocycles. The minimum atomic E-state index is 0.733. The van der Waals surface area contributed by atoms with Gasteiger partial charge in [0.15, 0.2) is 0 Å². The Hall–Kier alpha value is -3.58. The van der Waals surface area contributed by atoms with Gasteiger partial charge in [-0.05, 0) is 65.8 Å². The number of pyridine rings is 1. The van der Waals surface area contributed by atoms with E-state index in [1.807, 2.05) is 36.4 Å². The number of aromatic nitrogens is 3. The number of fused-ring (bicyclic) bond motifs is 1. The molecule has 0 fully saturated rings. The van der Waals surface area contributed by atoms with Gasteiger partial charge in [0.25, 0.3) is 0 Å². The smallest absolute Gasteiger partial charge is 0.143 e. The summed E-state index contributed by atoms with van der Waals surface area (Å²) in [5.41, 5.74) is 4.85. The fourth-order valence-corrected chi connectivity index (χ4v) is 2.84. The molecular formula is C22H17N3O.